The van der Waals surface area contributed by atoms with Crippen LogP contribution in [0.2, 0.25) is 0 Å². The Hall–Kier alpha value is -0.830. The zero-order chi connectivity index (χ0) is 9.52. The maximum Gasteiger partial charge on any atom is 0.305 e. The first-order valence-corrected chi connectivity index (χ1v) is 5.44. The highest BCUT2D eigenvalue weighted by Gasteiger charge is 2.01. The molecule has 0 N–H and O–H groups in total. The summed E-state index contributed by atoms with van der Waals surface area (Å²) in [6.07, 6.45) is 2.39. The summed E-state index contributed by atoms with van der Waals surface area (Å²) in [7, 11) is 0. The molecule has 0 saturated heterocycles. The number of carbonyl (C=O) groups is 1. The van der Waals surface area contributed by atoms with Gasteiger partial charge in [0.1, 0.15) is 0 Å². The normalized spacial score (nSPS) is 9.92. The van der Waals surface area contributed by atoms with Crippen LogP contribution in [0.1, 0.15) is 25.3 Å². The van der Waals surface area contributed by atoms with Crippen molar-refractivity contribution < 1.29 is 9.53 Å². The highest BCUT2D eigenvalue weighted by Crippen LogP contribution is 2.09. The molecule has 1 heterocycles. The molecule has 3 heteroatoms. The second-order valence-electron chi connectivity index (χ2n) is 2.79. The van der Waals surface area contributed by atoms with Crippen LogP contribution in [0.4, 0.5) is 0 Å². The molecule has 0 aliphatic heterocycles. The zero-order valence-corrected chi connectivity index (χ0v) is 8.60. The van der Waals surface area contributed by atoms with E-state index in [4.69, 9.17) is 4.74 Å². The summed E-state index contributed by atoms with van der Waals surface area (Å²) < 4.78 is 4.82. The quantitative estimate of drug-likeness (QED) is 0.680. The molecule has 0 unspecified atom stereocenters. The topological polar surface area (TPSA) is 26.3 Å². The van der Waals surface area contributed by atoms with Crippen LogP contribution in [0.3, 0.4) is 0 Å². The summed E-state index contributed by atoms with van der Waals surface area (Å²) in [5.41, 5.74) is 1.31. The Labute approximate surface area is 82.5 Å². The van der Waals surface area contributed by atoms with Gasteiger partial charge in [-0.3, -0.25) is 4.79 Å². The van der Waals surface area contributed by atoms with Crippen LogP contribution in [-0.4, -0.2) is 12.6 Å². The van der Waals surface area contributed by atoms with Gasteiger partial charge < -0.3 is 4.74 Å². The van der Waals surface area contributed by atoms with Gasteiger partial charge in [0.25, 0.3) is 0 Å². The molecule has 0 radical (unpaired) electrons. The minimum absolute atomic E-state index is 0.0854. The molecule has 1 aromatic heterocycles. The molecule has 72 valence electrons. The largest absolute Gasteiger partial charge is 0.466 e. The standard InChI is InChI=1S/C10H14O2S/c1-2-12-10(11)5-3-4-9-6-7-13-8-9/h6-8H,2-5H2,1H3. The lowest BCUT2D eigenvalue weighted by Gasteiger charge is -2.00. The van der Waals surface area contributed by atoms with Gasteiger partial charge in [-0.05, 0) is 42.2 Å². The van der Waals surface area contributed by atoms with Crippen LogP contribution in [0, 0.1) is 0 Å². The SMILES string of the molecule is CCOC(=O)CCCc1ccsc1. The summed E-state index contributed by atoms with van der Waals surface area (Å²) in [4.78, 5) is 11.0. The second kappa shape index (κ2) is 5.75. The van der Waals surface area contributed by atoms with Gasteiger partial charge in [-0.15, -0.1) is 0 Å². The monoisotopic (exact) mass is 198 g/mol. The van der Waals surface area contributed by atoms with E-state index in [0.717, 1.165) is 12.8 Å². The number of rotatable bonds is 5. The Morgan fingerprint density at radius 3 is 3.08 bits per heavy atom. The summed E-state index contributed by atoms with van der Waals surface area (Å²) in [6, 6.07) is 2.09. The Kier molecular flexibility index (Phi) is 4.54. The molecule has 0 saturated carbocycles. The third-order valence-corrected chi connectivity index (χ3v) is 2.46. The van der Waals surface area contributed by atoms with Crippen LogP contribution in [0.5, 0.6) is 0 Å². The number of esters is 1. The number of thiophene rings is 1. The van der Waals surface area contributed by atoms with Crippen molar-refractivity contribution in [1.29, 1.82) is 0 Å². The highest BCUT2D eigenvalue weighted by atomic mass is 32.1. The zero-order valence-electron chi connectivity index (χ0n) is 7.79. The predicted molar refractivity (Wildman–Crippen MR) is 53.9 cm³/mol. The Balaban J connectivity index is 2.11. The third kappa shape index (κ3) is 4.08. The molecule has 0 spiro atoms. The van der Waals surface area contributed by atoms with E-state index in [2.05, 4.69) is 16.8 Å². The van der Waals surface area contributed by atoms with Gasteiger partial charge in [0, 0.05) is 6.42 Å². The first kappa shape index (κ1) is 10.3. The van der Waals surface area contributed by atoms with Crippen LogP contribution < -0.4 is 0 Å². The van der Waals surface area contributed by atoms with Crippen LogP contribution in [-0.2, 0) is 16.0 Å². The van der Waals surface area contributed by atoms with Crippen molar-refractivity contribution in [2.24, 2.45) is 0 Å². The van der Waals surface area contributed by atoms with Gasteiger partial charge in [-0.25, -0.2) is 0 Å². The lowest BCUT2D eigenvalue weighted by Crippen LogP contribution is -2.03. The molecule has 1 aromatic rings. The fourth-order valence-corrected chi connectivity index (χ4v) is 1.81. The number of hydrogen-bond acceptors (Lipinski definition) is 3. The maximum atomic E-state index is 11.0. The van der Waals surface area contributed by atoms with Crippen molar-refractivity contribution in [2.45, 2.75) is 26.2 Å². The van der Waals surface area contributed by atoms with E-state index in [1.165, 1.54) is 5.56 Å². The minimum atomic E-state index is -0.0854. The van der Waals surface area contributed by atoms with E-state index >= 15 is 0 Å². The van der Waals surface area contributed by atoms with Crippen molar-refractivity contribution in [3.05, 3.63) is 22.4 Å². The molecule has 13 heavy (non-hydrogen) atoms. The van der Waals surface area contributed by atoms with Gasteiger partial charge in [0.2, 0.25) is 0 Å². The molecular formula is C10H14O2S. The summed E-state index contributed by atoms with van der Waals surface area (Å²) in [5, 5.41) is 4.17. The summed E-state index contributed by atoms with van der Waals surface area (Å²) >= 11 is 1.69. The lowest BCUT2D eigenvalue weighted by molar-refractivity contribution is -0.143. The summed E-state index contributed by atoms with van der Waals surface area (Å²) in [6.45, 7) is 2.31. The van der Waals surface area contributed by atoms with E-state index in [0.29, 0.717) is 13.0 Å². The Bertz CT molecular complexity index is 241. The second-order valence-corrected chi connectivity index (χ2v) is 3.57. The number of ether oxygens (including phenoxy) is 1. The first-order chi connectivity index (χ1) is 6.33. The first-order valence-electron chi connectivity index (χ1n) is 4.49. The van der Waals surface area contributed by atoms with Crippen molar-refractivity contribution in [2.75, 3.05) is 6.61 Å². The average molecular weight is 198 g/mol. The third-order valence-electron chi connectivity index (χ3n) is 1.73. The molecule has 0 aromatic carbocycles. The van der Waals surface area contributed by atoms with Gasteiger partial charge in [-0.1, -0.05) is 0 Å². The van der Waals surface area contributed by atoms with Crippen LogP contribution in [0.25, 0.3) is 0 Å². The van der Waals surface area contributed by atoms with E-state index in [1.807, 2.05) is 6.92 Å². The van der Waals surface area contributed by atoms with E-state index in [9.17, 15) is 4.79 Å². The fraction of sp³-hybridized carbons (Fsp3) is 0.500. The lowest BCUT2D eigenvalue weighted by atomic mass is 10.1. The number of aryl methyl sites for hydroxylation is 1. The highest BCUT2D eigenvalue weighted by molar-refractivity contribution is 7.07. The number of carbonyl (C=O) groups excluding carboxylic acids is 1. The van der Waals surface area contributed by atoms with Gasteiger partial charge in [-0.2, -0.15) is 11.3 Å². The van der Waals surface area contributed by atoms with E-state index < -0.39 is 0 Å². The molecule has 0 aliphatic carbocycles. The predicted octanol–water partition coefficient (Wildman–Crippen LogP) is 2.63. The average Bonchev–Trinajstić information content (AvgIpc) is 2.57. The van der Waals surface area contributed by atoms with Crippen LogP contribution >= 0.6 is 11.3 Å². The molecule has 0 aliphatic rings. The fourth-order valence-electron chi connectivity index (χ4n) is 1.10. The molecule has 0 fully saturated rings. The van der Waals surface area contributed by atoms with Crippen molar-refractivity contribution in [3.8, 4) is 0 Å². The molecule has 0 bridgehead atoms. The molecule has 1 rings (SSSR count). The molecule has 0 amide bonds. The van der Waals surface area contributed by atoms with Gasteiger partial charge >= 0.3 is 5.97 Å². The van der Waals surface area contributed by atoms with Gasteiger partial charge in [0.05, 0.1) is 6.61 Å². The Morgan fingerprint density at radius 1 is 1.62 bits per heavy atom. The van der Waals surface area contributed by atoms with E-state index in [-0.39, 0.29) is 5.97 Å². The molecular weight excluding hydrogens is 184 g/mol. The number of hydrogen-bond donors (Lipinski definition) is 0. The van der Waals surface area contributed by atoms with Crippen molar-refractivity contribution >= 4 is 17.3 Å². The van der Waals surface area contributed by atoms with Gasteiger partial charge in [0.15, 0.2) is 0 Å². The molecule has 0 atom stereocenters. The molecule has 2 nitrogen and oxygen atoms in total. The van der Waals surface area contributed by atoms with E-state index in [1.54, 1.807) is 11.3 Å². The Morgan fingerprint density at radius 2 is 2.46 bits per heavy atom. The van der Waals surface area contributed by atoms with Crippen molar-refractivity contribution in [3.63, 3.8) is 0 Å². The van der Waals surface area contributed by atoms with Crippen molar-refractivity contribution in [1.82, 2.24) is 0 Å². The maximum absolute atomic E-state index is 11.0. The smallest absolute Gasteiger partial charge is 0.305 e. The summed E-state index contributed by atoms with van der Waals surface area (Å²) in [5.74, 6) is -0.0854. The van der Waals surface area contributed by atoms with Crippen LogP contribution in [0.15, 0.2) is 16.8 Å². The minimum Gasteiger partial charge on any atom is -0.466 e.